The molecule has 0 unspecified atom stereocenters. The van der Waals surface area contributed by atoms with Crippen molar-refractivity contribution in [2.24, 2.45) is 0 Å². The van der Waals surface area contributed by atoms with Crippen molar-refractivity contribution in [2.75, 3.05) is 39.8 Å². The first kappa shape index (κ1) is 22.4. The van der Waals surface area contributed by atoms with Crippen LogP contribution in [0.2, 0.25) is 0 Å². The molecule has 0 spiro atoms. The van der Waals surface area contributed by atoms with E-state index in [1.54, 1.807) is 4.90 Å². The van der Waals surface area contributed by atoms with E-state index in [2.05, 4.69) is 4.74 Å². The Hall–Kier alpha value is -1.86. The number of halogens is 6. The maximum Gasteiger partial charge on any atom is 0.416 e. The molecule has 0 aromatic heterocycles. The first-order valence-electron chi connectivity index (χ1n) is 7.84. The van der Waals surface area contributed by atoms with E-state index >= 15 is 0 Å². The Morgan fingerprint density at radius 3 is 1.82 bits per heavy atom. The predicted octanol–water partition coefficient (Wildman–Crippen LogP) is 2.20. The summed E-state index contributed by atoms with van der Waals surface area (Å²) in [6.45, 7) is -0.362. The molecule has 0 N–H and O–H groups in total. The fraction of sp³-hybridized carbons (Fsp3) is 0.533. The zero-order valence-corrected chi connectivity index (χ0v) is 15.3. The van der Waals surface area contributed by atoms with Crippen molar-refractivity contribution in [3.8, 4) is 0 Å². The van der Waals surface area contributed by atoms with Crippen molar-refractivity contribution in [2.45, 2.75) is 17.2 Å². The Bertz CT molecular complexity index is 798. The van der Waals surface area contributed by atoms with Crippen LogP contribution < -0.4 is 0 Å². The molecule has 0 radical (unpaired) electrons. The summed E-state index contributed by atoms with van der Waals surface area (Å²) < 4.78 is 108. The largest absolute Gasteiger partial charge is 0.468 e. The molecule has 1 saturated heterocycles. The van der Waals surface area contributed by atoms with Crippen molar-refractivity contribution in [1.29, 1.82) is 0 Å². The number of methoxy groups -OCH3 is 1. The Balaban J connectivity index is 2.32. The first-order valence-corrected chi connectivity index (χ1v) is 9.28. The van der Waals surface area contributed by atoms with Crippen LogP contribution in [0.25, 0.3) is 0 Å². The van der Waals surface area contributed by atoms with Crippen molar-refractivity contribution >= 4 is 16.0 Å². The molecule has 0 bridgehead atoms. The number of piperazine rings is 1. The van der Waals surface area contributed by atoms with Crippen molar-refractivity contribution in [3.63, 3.8) is 0 Å². The van der Waals surface area contributed by atoms with Crippen LogP contribution in [0, 0.1) is 0 Å². The number of benzene rings is 1. The standard InChI is InChI=1S/C15H16F6N2O4S/c1-27-13(24)9-22-2-4-23(5-3-22)28(25,26)12-7-10(14(16,17)18)6-11(8-12)15(19,20)21/h6-8H,2-5,9H2,1H3. The molecule has 1 aliphatic rings. The van der Waals surface area contributed by atoms with Gasteiger partial charge in [0.25, 0.3) is 0 Å². The lowest BCUT2D eigenvalue weighted by atomic mass is 10.1. The quantitative estimate of drug-likeness (QED) is 0.537. The molecule has 1 fully saturated rings. The van der Waals surface area contributed by atoms with Crippen LogP contribution in [0.5, 0.6) is 0 Å². The molecule has 28 heavy (non-hydrogen) atoms. The van der Waals surface area contributed by atoms with E-state index in [-0.39, 0.29) is 50.9 Å². The summed E-state index contributed by atoms with van der Waals surface area (Å²) in [5.41, 5.74) is -3.41. The van der Waals surface area contributed by atoms with Gasteiger partial charge in [0, 0.05) is 26.2 Å². The molecule has 0 atom stereocenters. The van der Waals surface area contributed by atoms with Gasteiger partial charge in [0.05, 0.1) is 29.7 Å². The number of sulfonamides is 1. The highest BCUT2D eigenvalue weighted by Crippen LogP contribution is 2.37. The third-order valence-corrected chi connectivity index (χ3v) is 5.99. The summed E-state index contributed by atoms with van der Waals surface area (Å²) in [6, 6.07) is 0.240. The number of hydrogen-bond acceptors (Lipinski definition) is 5. The highest BCUT2D eigenvalue weighted by Gasteiger charge is 2.39. The van der Waals surface area contributed by atoms with E-state index in [0.29, 0.717) is 0 Å². The number of carbonyl (C=O) groups excluding carboxylic acids is 1. The maximum absolute atomic E-state index is 12.9. The average molecular weight is 434 g/mol. The molecular formula is C15H16F6N2O4S. The van der Waals surface area contributed by atoms with Crippen LogP contribution in [0.4, 0.5) is 26.3 Å². The zero-order valence-electron chi connectivity index (χ0n) is 14.5. The molecule has 6 nitrogen and oxygen atoms in total. The molecule has 13 heteroatoms. The van der Waals surface area contributed by atoms with Crippen molar-refractivity contribution in [1.82, 2.24) is 9.21 Å². The second-order valence-corrected chi connectivity index (χ2v) is 7.94. The van der Waals surface area contributed by atoms with Gasteiger partial charge in [-0.25, -0.2) is 8.42 Å². The smallest absolute Gasteiger partial charge is 0.416 e. The molecule has 1 aliphatic heterocycles. The van der Waals surface area contributed by atoms with E-state index in [4.69, 9.17) is 0 Å². The number of rotatable bonds is 4. The second kappa shape index (κ2) is 7.87. The number of carbonyl (C=O) groups is 1. The van der Waals surface area contributed by atoms with Crippen molar-refractivity contribution in [3.05, 3.63) is 29.3 Å². The molecule has 1 aromatic carbocycles. The van der Waals surface area contributed by atoms with Crippen LogP contribution in [0.15, 0.2) is 23.1 Å². The van der Waals surface area contributed by atoms with Crippen LogP contribution in [-0.4, -0.2) is 63.4 Å². The summed E-state index contributed by atoms with van der Waals surface area (Å²) in [7, 11) is -3.42. The number of hydrogen-bond donors (Lipinski definition) is 0. The Labute approximate surface area is 156 Å². The lowest BCUT2D eigenvalue weighted by molar-refractivity contribution is -0.144. The summed E-state index contributed by atoms with van der Waals surface area (Å²) in [5.74, 6) is -0.552. The molecule has 0 amide bonds. The Kier molecular flexibility index (Phi) is 6.31. The van der Waals surface area contributed by atoms with Crippen LogP contribution in [-0.2, 0) is 31.9 Å². The molecule has 2 rings (SSSR count). The van der Waals surface area contributed by atoms with Crippen LogP contribution in [0.3, 0.4) is 0 Å². The minimum Gasteiger partial charge on any atom is -0.468 e. The lowest BCUT2D eigenvalue weighted by Gasteiger charge is -2.33. The number of alkyl halides is 6. The average Bonchev–Trinajstić information content (AvgIpc) is 2.60. The molecule has 1 heterocycles. The van der Waals surface area contributed by atoms with Gasteiger partial charge in [-0.15, -0.1) is 0 Å². The van der Waals surface area contributed by atoms with Gasteiger partial charge in [-0.3, -0.25) is 9.69 Å². The summed E-state index contributed by atoms with van der Waals surface area (Å²) in [4.78, 5) is 11.7. The topological polar surface area (TPSA) is 66.9 Å². The zero-order chi connectivity index (χ0) is 21.3. The van der Waals surface area contributed by atoms with Gasteiger partial charge in [-0.1, -0.05) is 0 Å². The molecule has 1 aromatic rings. The van der Waals surface area contributed by atoms with E-state index in [0.717, 1.165) is 4.31 Å². The summed E-state index contributed by atoms with van der Waals surface area (Å²) in [6.07, 6.45) is -10.3. The minimum atomic E-state index is -5.15. The Morgan fingerprint density at radius 2 is 1.43 bits per heavy atom. The van der Waals surface area contributed by atoms with E-state index in [1.165, 1.54) is 7.11 Å². The Morgan fingerprint density at radius 1 is 0.964 bits per heavy atom. The normalized spacial score (nSPS) is 17.5. The summed E-state index contributed by atoms with van der Waals surface area (Å²) >= 11 is 0. The SMILES string of the molecule is COC(=O)CN1CCN(S(=O)(=O)c2cc(C(F)(F)F)cc(C(F)(F)F)c2)CC1. The van der Waals surface area contributed by atoms with Crippen LogP contribution in [0.1, 0.15) is 11.1 Å². The van der Waals surface area contributed by atoms with E-state index in [1.807, 2.05) is 0 Å². The number of ether oxygens (including phenoxy) is 1. The molecule has 0 aliphatic carbocycles. The van der Waals surface area contributed by atoms with Gasteiger partial charge in [0.2, 0.25) is 10.0 Å². The lowest BCUT2D eigenvalue weighted by Crippen LogP contribution is -2.49. The monoisotopic (exact) mass is 434 g/mol. The summed E-state index contributed by atoms with van der Waals surface area (Å²) in [5, 5.41) is 0. The highest BCUT2D eigenvalue weighted by atomic mass is 32.2. The third kappa shape index (κ3) is 5.14. The fourth-order valence-corrected chi connectivity index (χ4v) is 4.09. The van der Waals surface area contributed by atoms with Crippen LogP contribution >= 0.6 is 0 Å². The minimum absolute atomic E-state index is 0.0689. The predicted molar refractivity (Wildman–Crippen MR) is 83.7 cm³/mol. The highest BCUT2D eigenvalue weighted by molar-refractivity contribution is 7.89. The first-order chi connectivity index (χ1) is 12.7. The van der Waals surface area contributed by atoms with Crippen molar-refractivity contribution < 1.29 is 44.3 Å². The van der Waals surface area contributed by atoms with Gasteiger partial charge in [-0.05, 0) is 18.2 Å². The van der Waals surface area contributed by atoms with Gasteiger partial charge < -0.3 is 4.74 Å². The third-order valence-electron chi connectivity index (χ3n) is 4.11. The van der Waals surface area contributed by atoms with Gasteiger partial charge >= 0.3 is 18.3 Å². The van der Waals surface area contributed by atoms with Gasteiger partial charge in [0.1, 0.15) is 0 Å². The van der Waals surface area contributed by atoms with Gasteiger partial charge in [0.15, 0.2) is 0 Å². The van der Waals surface area contributed by atoms with Gasteiger partial charge in [-0.2, -0.15) is 30.6 Å². The maximum atomic E-state index is 12.9. The molecular weight excluding hydrogens is 418 g/mol. The number of esters is 1. The fourth-order valence-electron chi connectivity index (χ4n) is 2.60. The molecule has 0 saturated carbocycles. The van der Waals surface area contributed by atoms with E-state index < -0.39 is 44.4 Å². The second-order valence-electron chi connectivity index (χ2n) is 6.00. The number of nitrogens with zero attached hydrogens (tertiary/aromatic N) is 2. The molecule has 158 valence electrons. The van der Waals surface area contributed by atoms with E-state index in [9.17, 15) is 39.6 Å².